The number of hydrogen-bond donors (Lipinski definition) is 2. The van der Waals surface area contributed by atoms with Gasteiger partial charge in [-0.25, -0.2) is 0 Å². The summed E-state index contributed by atoms with van der Waals surface area (Å²) in [5.74, 6) is 0.367. The molecule has 3 rings (SSSR count). The van der Waals surface area contributed by atoms with Crippen LogP contribution in [0.5, 0.6) is 0 Å². The number of carbonyl (C=O) groups excluding carboxylic acids is 1. The highest BCUT2D eigenvalue weighted by Crippen LogP contribution is 2.39. The predicted octanol–water partition coefficient (Wildman–Crippen LogP) is 1.97. The van der Waals surface area contributed by atoms with Crippen LogP contribution in [-0.4, -0.2) is 29.8 Å². The predicted molar refractivity (Wildman–Crippen MR) is 79.8 cm³/mol. The highest BCUT2D eigenvalue weighted by molar-refractivity contribution is 5.77. The molecule has 0 radical (unpaired) electrons. The maximum Gasteiger partial charge on any atom is 0.223 e. The summed E-state index contributed by atoms with van der Waals surface area (Å²) in [6, 6.07) is 8.15. The van der Waals surface area contributed by atoms with E-state index in [0.29, 0.717) is 18.9 Å². The topological polar surface area (TPSA) is 58.6 Å². The molecule has 2 atom stereocenters. The number of aliphatic hydroxyl groups is 1. The molecule has 1 aliphatic heterocycles. The van der Waals surface area contributed by atoms with Gasteiger partial charge in [0.25, 0.3) is 0 Å². The van der Waals surface area contributed by atoms with Crippen LogP contribution in [0, 0.1) is 5.92 Å². The number of ether oxygens (including phenoxy) is 1. The van der Waals surface area contributed by atoms with Gasteiger partial charge in [-0.05, 0) is 43.2 Å². The van der Waals surface area contributed by atoms with Crippen molar-refractivity contribution in [3.05, 3.63) is 35.4 Å². The van der Waals surface area contributed by atoms with Gasteiger partial charge in [-0.15, -0.1) is 0 Å². The summed E-state index contributed by atoms with van der Waals surface area (Å²) < 4.78 is 5.78. The molecule has 1 fully saturated rings. The van der Waals surface area contributed by atoms with Crippen molar-refractivity contribution in [2.45, 2.75) is 44.2 Å². The Kier molecular flexibility index (Phi) is 4.00. The number of nitrogens with one attached hydrogen (secondary N) is 1. The largest absolute Gasteiger partial charge is 0.394 e. The molecular formula is C17H23NO3. The highest BCUT2D eigenvalue weighted by Gasteiger charge is 2.42. The quantitative estimate of drug-likeness (QED) is 0.871. The minimum atomic E-state index is -0.481. The van der Waals surface area contributed by atoms with E-state index in [0.717, 1.165) is 24.8 Å². The Morgan fingerprint density at radius 1 is 1.43 bits per heavy atom. The van der Waals surface area contributed by atoms with Crippen molar-refractivity contribution in [1.29, 1.82) is 0 Å². The number of aliphatic hydroxyl groups excluding tert-OH is 1. The second-order valence-corrected chi connectivity index (χ2v) is 6.41. The van der Waals surface area contributed by atoms with Crippen LogP contribution in [0.25, 0.3) is 0 Å². The Morgan fingerprint density at radius 2 is 2.19 bits per heavy atom. The van der Waals surface area contributed by atoms with E-state index < -0.39 is 5.54 Å². The first kappa shape index (κ1) is 14.5. The van der Waals surface area contributed by atoms with Crippen molar-refractivity contribution in [2.75, 3.05) is 13.2 Å². The molecule has 4 nitrogen and oxygen atoms in total. The molecule has 1 aromatic carbocycles. The van der Waals surface area contributed by atoms with Crippen molar-refractivity contribution < 1.29 is 14.6 Å². The molecule has 1 aromatic rings. The van der Waals surface area contributed by atoms with Crippen molar-refractivity contribution >= 4 is 5.91 Å². The zero-order valence-electron chi connectivity index (χ0n) is 12.5. The van der Waals surface area contributed by atoms with E-state index >= 15 is 0 Å². The SMILES string of the molecule is CC(CO)(NC(=O)CC1OCCc2ccccc21)C1CC1. The Morgan fingerprint density at radius 3 is 2.90 bits per heavy atom. The number of amides is 1. The molecule has 0 aromatic heterocycles. The lowest BCUT2D eigenvalue weighted by Gasteiger charge is -2.31. The molecule has 0 spiro atoms. The zero-order chi connectivity index (χ0) is 14.9. The molecule has 2 unspecified atom stereocenters. The lowest BCUT2D eigenvalue weighted by atomic mass is 9.94. The molecule has 1 heterocycles. The Hall–Kier alpha value is -1.39. The third kappa shape index (κ3) is 3.11. The van der Waals surface area contributed by atoms with E-state index in [9.17, 15) is 9.90 Å². The van der Waals surface area contributed by atoms with Gasteiger partial charge >= 0.3 is 0 Å². The monoisotopic (exact) mass is 289 g/mol. The molecule has 1 amide bonds. The van der Waals surface area contributed by atoms with Crippen molar-refractivity contribution in [3.63, 3.8) is 0 Å². The van der Waals surface area contributed by atoms with Gasteiger partial charge in [-0.3, -0.25) is 4.79 Å². The smallest absolute Gasteiger partial charge is 0.223 e. The average Bonchev–Trinajstić information content (AvgIpc) is 3.32. The Balaban J connectivity index is 1.66. The van der Waals surface area contributed by atoms with Gasteiger partial charge in [0.1, 0.15) is 0 Å². The summed E-state index contributed by atoms with van der Waals surface area (Å²) in [6.07, 6.45) is 3.22. The summed E-state index contributed by atoms with van der Waals surface area (Å²) >= 11 is 0. The van der Waals surface area contributed by atoms with E-state index in [1.165, 1.54) is 5.56 Å². The van der Waals surface area contributed by atoms with Crippen LogP contribution in [0.15, 0.2) is 24.3 Å². The van der Waals surface area contributed by atoms with Crippen LogP contribution in [0.3, 0.4) is 0 Å². The summed E-state index contributed by atoms with van der Waals surface area (Å²) in [7, 11) is 0. The lowest BCUT2D eigenvalue weighted by Crippen LogP contribution is -2.51. The average molecular weight is 289 g/mol. The first-order chi connectivity index (χ1) is 10.1. The third-order valence-electron chi connectivity index (χ3n) is 4.70. The molecule has 2 N–H and O–H groups in total. The number of benzene rings is 1. The fourth-order valence-corrected chi connectivity index (χ4v) is 3.17. The molecule has 114 valence electrons. The minimum absolute atomic E-state index is 0.00842. The van der Waals surface area contributed by atoms with Gasteiger partial charge < -0.3 is 15.2 Å². The second-order valence-electron chi connectivity index (χ2n) is 6.41. The molecule has 1 saturated carbocycles. The first-order valence-corrected chi connectivity index (χ1v) is 7.73. The number of fused-ring (bicyclic) bond motifs is 1. The Bertz CT molecular complexity index is 527. The molecule has 0 saturated heterocycles. The van der Waals surface area contributed by atoms with Crippen LogP contribution < -0.4 is 5.32 Å². The van der Waals surface area contributed by atoms with E-state index in [1.54, 1.807) is 0 Å². The standard InChI is InChI=1S/C17H23NO3/c1-17(11-19,13-6-7-13)18-16(20)10-15-14-5-3-2-4-12(14)8-9-21-15/h2-5,13,15,19H,6-11H2,1H3,(H,18,20). The fraction of sp³-hybridized carbons (Fsp3) is 0.588. The van der Waals surface area contributed by atoms with Gasteiger partial charge in [-0.2, -0.15) is 0 Å². The molecule has 21 heavy (non-hydrogen) atoms. The third-order valence-corrected chi connectivity index (χ3v) is 4.70. The summed E-state index contributed by atoms with van der Waals surface area (Å²) in [5.41, 5.74) is 1.91. The van der Waals surface area contributed by atoms with Crippen LogP contribution in [0.2, 0.25) is 0 Å². The summed E-state index contributed by atoms with van der Waals surface area (Å²) in [6.45, 7) is 2.58. The number of hydrogen-bond acceptors (Lipinski definition) is 3. The summed E-state index contributed by atoms with van der Waals surface area (Å²) in [4.78, 5) is 12.3. The fourth-order valence-electron chi connectivity index (χ4n) is 3.17. The minimum Gasteiger partial charge on any atom is -0.394 e. The second kappa shape index (κ2) is 5.78. The van der Waals surface area contributed by atoms with E-state index in [1.807, 2.05) is 25.1 Å². The van der Waals surface area contributed by atoms with Crippen molar-refractivity contribution in [3.8, 4) is 0 Å². The van der Waals surface area contributed by atoms with Gasteiger partial charge in [0.2, 0.25) is 5.91 Å². The maximum atomic E-state index is 12.3. The van der Waals surface area contributed by atoms with E-state index in [2.05, 4.69) is 11.4 Å². The highest BCUT2D eigenvalue weighted by atomic mass is 16.5. The van der Waals surface area contributed by atoms with Crippen molar-refractivity contribution in [2.24, 2.45) is 5.92 Å². The van der Waals surface area contributed by atoms with Gasteiger partial charge in [0.05, 0.1) is 31.3 Å². The van der Waals surface area contributed by atoms with Crippen LogP contribution >= 0.6 is 0 Å². The lowest BCUT2D eigenvalue weighted by molar-refractivity contribution is -0.127. The van der Waals surface area contributed by atoms with Crippen molar-refractivity contribution in [1.82, 2.24) is 5.32 Å². The molecule has 4 heteroatoms. The first-order valence-electron chi connectivity index (χ1n) is 7.73. The number of carbonyl (C=O) groups is 1. The molecule has 0 bridgehead atoms. The van der Waals surface area contributed by atoms with Crippen LogP contribution in [-0.2, 0) is 16.0 Å². The van der Waals surface area contributed by atoms with E-state index in [4.69, 9.17) is 4.74 Å². The summed E-state index contributed by atoms with van der Waals surface area (Å²) in [5, 5.41) is 12.6. The van der Waals surface area contributed by atoms with Gasteiger partial charge in [0, 0.05) is 0 Å². The van der Waals surface area contributed by atoms with Gasteiger partial charge in [0.15, 0.2) is 0 Å². The van der Waals surface area contributed by atoms with Gasteiger partial charge in [-0.1, -0.05) is 24.3 Å². The van der Waals surface area contributed by atoms with E-state index in [-0.39, 0.29) is 18.6 Å². The maximum absolute atomic E-state index is 12.3. The zero-order valence-corrected chi connectivity index (χ0v) is 12.5. The number of rotatable bonds is 5. The van der Waals surface area contributed by atoms with Crippen LogP contribution in [0.1, 0.15) is 43.4 Å². The molecule has 1 aliphatic carbocycles. The molecular weight excluding hydrogens is 266 g/mol. The molecule has 2 aliphatic rings. The normalized spacial score (nSPS) is 24.0. The Labute approximate surface area is 125 Å². The van der Waals surface area contributed by atoms with Crippen LogP contribution in [0.4, 0.5) is 0 Å².